The lowest BCUT2D eigenvalue weighted by Crippen LogP contribution is -3.00. The molecule has 1 aliphatic rings. The molecule has 4 heteroatoms. The zero-order valence-electron chi connectivity index (χ0n) is 15.2. The molecule has 0 saturated carbocycles. The van der Waals surface area contributed by atoms with Crippen molar-refractivity contribution in [2.24, 2.45) is 0 Å². The molecule has 0 aromatic heterocycles. The summed E-state index contributed by atoms with van der Waals surface area (Å²) in [4.78, 5) is 5.04. The molecule has 1 heterocycles. The van der Waals surface area contributed by atoms with Crippen LogP contribution in [0.3, 0.4) is 0 Å². The van der Waals surface area contributed by atoms with Gasteiger partial charge in [-0.05, 0) is 24.0 Å². The molecule has 25 heavy (non-hydrogen) atoms. The summed E-state index contributed by atoms with van der Waals surface area (Å²) < 4.78 is 2.28. The van der Waals surface area contributed by atoms with Crippen LogP contribution in [0.4, 0.5) is 0 Å². The largest absolute Gasteiger partial charge is 1.00 e. The molecule has 0 aliphatic carbocycles. The Morgan fingerprint density at radius 1 is 0.840 bits per heavy atom. The maximum absolute atomic E-state index is 2.53. The topological polar surface area (TPSA) is 9.49 Å². The summed E-state index contributed by atoms with van der Waals surface area (Å²) in [5, 5.41) is 0. The summed E-state index contributed by atoms with van der Waals surface area (Å²) in [6.45, 7) is 4.18. The molecule has 1 saturated heterocycles. The standard InChI is InChI=1S/C21H28N3.ClH/c1-22(2)21(23-15-9-10-16-23)24(17-19-11-5-3-6-12-19)18-20-13-7-4-8-14-20;/h3-8,11-14H,9-10,15-18H2,1-2H3;1H/q+1;/p-1. The Hall–Kier alpha value is -2.00. The molecule has 0 amide bonds. The number of halogens is 1. The molecule has 2 aromatic carbocycles. The second-order valence-corrected chi connectivity index (χ2v) is 6.72. The van der Waals surface area contributed by atoms with Gasteiger partial charge in [-0.25, -0.2) is 0 Å². The zero-order chi connectivity index (χ0) is 16.8. The summed E-state index contributed by atoms with van der Waals surface area (Å²) >= 11 is 0. The van der Waals surface area contributed by atoms with Crippen molar-refractivity contribution in [1.29, 1.82) is 0 Å². The van der Waals surface area contributed by atoms with Crippen molar-refractivity contribution in [2.75, 3.05) is 27.2 Å². The van der Waals surface area contributed by atoms with E-state index in [0.29, 0.717) is 0 Å². The highest BCUT2D eigenvalue weighted by Gasteiger charge is 2.30. The van der Waals surface area contributed by atoms with Gasteiger partial charge in [-0.3, -0.25) is 14.4 Å². The van der Waals surface area contributed by atoms with Crippen molar-refractivity contribution in [3.8, 4) is 0 Å². The zero-order valence-corrected chi connectivity index (χ0v) is 16.0. The molecular weight excluding hydrogens is 330 g/mol. The number of likely N-dealkylation sites (tertiary alicyclic amines) is 1. The third kappa shape index (κ3) is 5.23. The molecule has 0 spiro atoms. The normalized spacial score (nSPS) is 13.3. The third-order valence-corrected chi connectivity index (χ3v) is 4.50. The van der Waals surface area contributed by atoms with E-state index in [9.17, 15) is 0 Å². The average molecular weight is 358 g/mol. The molecule has 2 aromatic rings. The Morgan fingerprint density at radius 3 is 1.68 bits per heavy atom. The molecular formula is C21H28ClN3. The quantitative estimate of drug-likeness (QED) is 0.445. The van der Waals surface area contributed by atoms with Crippen LogP contribution in [0.25, 0.3) is 0 Å². The van der Waals surface area contributed by atoms with Gasteiger partial charge in [0.15, 0.2) is 0 Å². The van der Waals surface area contributed by atoms with Crippen LogP contribution in [0.1, 0.15) is 24.0 Å². The Morgan fingerprint density at radius 2 is 1.28 bits per heavy atom. The Balaban J connectivity index is 0.00000225. The molecule has 1 aliphatic heterocycles. The molecule has 134 valence electrons. The smallest absolute Gasteiger partial charge is 0.350 e. The van der Waals surface area contributed by atoms with Crippen LogP contribution in [-0.4, -0.2) is 47.5 Å². The second kappa shape index (κ2) is 9.47. The Labute approximate surface area is 158 Å². The van der Waals surface area contributed by atoms with E-state index in [2.05, 4.69) is 89.1 Å². The van der Waals surface area contributed by atoms with E-state index in [4.69, 9.17) is 0 Å². The van der Waals surface area contributed by atoms with Crippen LogP contribution in [0.15, 0.2) is 60.7 Å². The minimum absolute atomic E-state index is 0. The van der Waals surface area contributed by atoms with Gasteiger partial charge in [-0.15, -0.1) is 0 Å². The van der Waals surface area contributed by atoms with Gasteiger partial charge in [0.25, 0.3) is 0 Å². The lowest BCUT2D eigenvalue weighted by atomic mass is 10.1. The number of hydrogen-bond donors (Lipinski definition) is 0. The van der Waals surface area contributed by atoms with E-state index in [1.165, 1.54) is 29.9 Å². The Bertz CT molecular complexity index is 619. The molecule has 0 bridgehead atoms. The van der Waals surface area contributed by atoms with Crippen molar-refractivity contribution in [2.45, 2.75) is 25.9 Å². The number of hydrogen-bond acceptors (Lipinski definition) is 0. The van der Waals surface area contributed by atoms with Gasteiger partial charge < -0.3 is 12.4 Å². The molecule has 3 nitrogen and oxygen atoms in total. The van der Waals surface area contributed by atoms with E-state index in [-0.39, 0.29) is 12.4 Å². The summed E-state index contributed by atoms with van der Waals surface area (Å²) in [6, 6.07) is 21.5. The number of nitrogens with zero attached hydrogens (tertiary/aromatic N) is 3. The molecule has 0 unspecified atom stereocenters. The van der Waals surface area contributed by atoms with Crippen LogP contribution >= 0.6 is 0 Å². The fourth-order valence-electron chi connectivity index (χ4n) is 3.49. The first kappa shape index (κ1) is 19.3. The molecule has 0 atom stereocenters. The van der Waals surface area contributed by atoms with Gasteiger partial charge in [0, 0.05) is 0 Å². The van der Waals surface area contributed by atoms with Gasteiger partial charge in [0.05, 0.1) is 40.3 Å². The van der Waals surface area contributed by atoms with Crippen molar-refractivity contribution in [1.82, 2.24) is 9.80 Å². The van der Waals surface area contributed by atoms with Crippen molar-refractivity contribution < 1.29 is 17.0 Å². The first-order valence-electron chi connectivity index (χ1n) is 8.86. The van der Waals surface area contributed by atoms with Gasteiger partial charge in [0.2, 0.25) is 0 Å². The fraction of sp³-hybridized carbons (Fsp3) is 0.381. The van der Waals surface area contributed by atoms with Crippen molar-refractivity contribution >= 4 is 5.96 Å². The summed E-state index contributed by atoms with van der Waals surface area (Å²) in [5.74, 6) is 1.33. The maximum atomic E-state index is 2.53. The Kier molecular flexibility index (Phi) is 7.32. The van der Waals surface area contributed by atoms with Crippen LogP contribution in [0.5, 0.6) is 0 Å². The average Bonchev–Trinajstić information content (AvgIpc) is 3.10. The predicted octanol–water partition coefficient (Wildman–Crippen LogP) is 0.417. The van der Waals surface area contributed by atoms with Gasteiger partial charge in [0.1, 0.15) is 0 Å². The first-order valence-corrected chi connectivity index (χ1v) is 8.86. The number of rotatable bonds is 4. The summed E-state index contributed by atoms with van der Waals surface area (Å²) in [6.07, 6.45) is 2.59. The van der Waals surface area contributed by atoms with Gasteiger partial charge in [-0.1, -0.05) is 60.7 Å². The maximum Gasteiger partial charge on any atom is 0.350 e. The van der Waals surface area contributed by atoms with Crippen molar-refractivity contribution in [3.63, 3.8) is 0 Å². The minimum atomic E-state index is 0. The lowest BCUT2D eigenvalue weighted by Gasteiger charge is -2.27. The molecule has 3 rings (SSSR count). The number of guanidine groups is 1. The monoisotopic (exact) mass is 357 g/mol. The van der Waals surface area contributed by atoms with E-state index in [1.807, 2.05) is 0 Å². The predicted molar refractivity (Wildman–Crippen MR) is 100 cm³/mol. The van der Waals surface area contributed by atoms with Gasteiger partial charge in [-0.2, -0.15) is 0 Å². The molecule has 0 radical (unpaired) electrons. The van der Waals surface area contributed by atoms with Crippen LogP contribution in [0.2, 0.25) is 0 Å². The van der Waals surface area contributed by atoms with E-state index < -0.39 is 0 Å². The highest BCUT2D eigenvalue weighted by molar-refractivity contribution is 5.75. The third-order valence-electron chi connectivity index (χ3n) is 4.50. The minimum Gasteiger partial charge on any atom is -1.00 e. The van der Waals surface area contributed by atoms with E-state index >= 15 is 0 Å². The summed E-state index contributed by atoms with van der Waals surface area (Å²) in [7, 11) is 4.33. The second-order valence-electron chi connectivity index (χ2n) is 6.72. The summed E-state index contributed by atoms with van der Waals surface area (Å²) in [5.41, 5.74) is 2.71. The van der Waals surface area contributed by atoms with Gasteiger partial charge >= 0.3 is 5.96 Å². The fourth-order valence-corrected chi connectivity index (χ4v) is 3.49. The van der Waals surface area contributed by atoms with Crippen LogP contribution in [0, 0.1) is 0 Å². The molecule has 1 fully saturated rings. The van der Waals surface area contributed by atoms with Crippen LogP contribution in [-0.2, 0) is 13.1 Å². The SMILES string of the molecule is C[N+](C)=C(N1CCCC1)N(Cc1ccccc1)Cc1ccccc1.[Cl-]. The van der Waals surface area contributed by atoms with Crippen LogP contribution < -0.4 is 12.4 Å². The highest BCUT2D eigenvalue weighted by Crippen LogP contribution is 2.16. The van der Waals surface area contributed by atoms with Crippen molar-refractivity contribution in [3.05, 3.63) is 71.8 Å². The van der Waals surface area contributed by atoms with E-state index in [0.717, 1.165) is 26.2 Å². The highest BCUT2D eigenvalue weighted by atomic mass is 35.5. The number of benzene rings is 2. The first-order chi connectivity index (χ1) is 11.7. The van der Waals surface area contributed by atoms with E-state index in [1.54, 1.807) is 0 Å². The lowest BCUT2D eigenvalue weighted by molar-refractivity contribution is -0.476. The molecule has 0 N–H and O–H groups in total.